The minimum atomic E-state index is 1.20. The molecule has 0 spiro atoms. The molecule has 19 heavy (non-hydrogen) atoms. The van der Waals surface area contributed by atoms with E-state index in [-0.39, 0.29) is 0 Å². The van der Waals surface area contributed by atoms with Crippen LogP contribution in [0.25, 0.3) is 0 Å². The summed E-state index contributed by atoms with van der Waals surface area (Å²) in [6.07, 6.45) is 22.3. The zero-order valence-corrected chi connectivity index (χ0v) is 13.6. The van der Waals surface area contributed by atoms with Crippen molar-refractivity contribution in [3.63, 3.8) is 0 Å². The van der Waals surface area contributed by atoms with E-state index in [9.17, 15) is 0 Å². The molecule has 0 amide bonds. The van der Waals surface area contributed by atoms with Crippen molar-refractivity contribution in [2.24, 2.45) is 0 Å². The van der Waals surface area contributed by atoms with Crippen LogP contribution in [-0.2, 0) is 0 Å². The van der Waals surface area contributed by atoms with Gasteiger partial charge >= 0.3 is 0 Å². The largest absolute Gasteiger partial charge is 0.103 e. The molecule has 0 saturated heterocycles. The molecule has 0 nitrogen and oxygen atoms in total. The van der Waals surface area contributed by atoms with Crippen molar-refractivity contribution in [3.05, 3.63) is 24.3 Å². The first-order valence-corrected chi connectivity index (χ1v) is 8.57. The molecule has 0 aliphatic carbocycles. The van der Waals surface area contributed by atoms with Gasteiger partial charge in [0.25, 0.3) is 0 Å². The molecule has 0 fully saturated rings. The molecule has 0 aromatic carbocycles. The van der Waals surface area contributed by atoms with Crippen LogP contribution in [0.2, 0.25) is 0 Å². The van der Waals surface area contributed by atoms with Gasteiger partial charge in [0.2, 0.25) is 0 Å². The second-order valence-corrected chi connectivity index (χ2v) is 5.85. The van der Waals surface area contributed by atoms with Crippen LogP contribution in [0.1, 0.15) is 97.3 Å². The Bertz CT molecular complexity index is 212. The molecular formula is C19H36. The first-order chi connectivity index (χ1) is 9.31. The lowest BCUT2D eigenvalue weighted by Gasteiger charge is -2.02. The van der Waals surface area contributed by atoms with Gasteiger partial charge in [0.1, 0.15) is 0 Å². The Balaban J connectivity index is 3.10. The fourth-order valence-corrected chi connectivity index (χ4v) is 2.52. The molecule has 0 aliphatic rings. The lowest BCUT2D eigenvalue weighted by molar-refractivity contribution is 0.561. The highest BCUT2D eigenvalue weighted by molar-refractivity contribution is 4.97. The molecule has 0 unspecified atom stereocenters. The number of rotatable bonds is 14. The van der Waals surface area contributed by atoms with Gasteiger partial charge in [0.05, 0.1) is 0 Å². The average Bonchev–Trinajstić information content (AvgIpc) is 2.40. The van der Waals surface area contributed by atoms with E-state index in [4.69, 9.17) is 0 Å². The summed E-state index contributed by atoms with van der Waals surface area (Å²) < 4.78 is 0. The van der Waals surface area contributed by atoms with Gasteiger partial charge in [-0.2, -0.15) is 0 Å². The van der Waals surface area contributed by atoms with Crippen LogP contribution in [0.5, 0.6) is 0 Å². The molecule has 0 heterocycles. The SMILES string of the molecule is C=CCCCCCCCCCCC/C=C(\C)CCC. The van der Waals surface area contributed by atoms with Gasteiger partial charge in [0.15, 0.2) is 0 Å². The summed E-state index contributed by atoms with van der Waals surface area (Å²) in [6, 6.07) is 0. The monoisotopic (exact) mass is 264 g/mol. The maximum atomic E-state index is 3.76. The molecular weight excluding hydrogens is 228 g/mol. The smallest absolute Gasteiger partial charge is 0.0326 e. The van der Waals surface area contributed by atoms with Gasteiger partial charge in [-0.25, -0.2) is 0 Å². The van der Waals surface area contributed by atoms with Gasteiger partial charge in [0, 0.05) is 0 Å². The molecule has 0 radical (unpaired) electrons. The lowest BCUT2D eigenvalue weighted by atomic mass is 10.0. The Kier molecular flexibility index (Phi) is 15.1. The van der Waals surface area contributed by atoms with Gasteiger partial charge in [-0.05, 0) is 39.0 Å². The van der Waals surface area contributed by atoms with Crippen molar-refractivity contribution in [1.29, 1.82) is 0 Å². The summed E-state index contributed by atoms with van der Waals surface area (Å²) in [5, 5.41) is 0. The maximum Gasteiger partial charge on any atom is -0.0326 e. The van der Waals surface area contributed by atoms with Crippen molar-refractivity contribution < 1.29 is 0 Å². The van der Waals surface area contributed by atoms with Crippen molar-refractivity contribution >= 4 is 0 Å². The van der Waals surface area contributed by atoms with E-state index in [1.54, 1.807) is 5.57 Å². The van der Waals surface area contributed by atoms with E-state index in [0.717, 1.165) is 0 Å². The van der Waals surface area contributed by atoms with E-state index >= 15 is 0 Å². The van der Waals surface area contributed by atoms with Crippen LogP contribution in [0.15, 0.2) is 24.3 Å². The fourth-order valence-electron chi connectivity index (χ4n) is 2.52. The molecule has 0 aromatic rings. The number of allylic oxidation sites excluding steroid dienone is 3. The molecule has 0 heteroatoms. The molecule has 0 N–H and O–H groups in total. The highest BCUT2D eigenvalue weighted by Crippen LogP contribution is 2.12. The molecule has 0 atom stereocenters. The van der Waals surface area contributed by atoms with E-state index < -0.39 is 0 Å². The van der Waals surface area contributed by atoms with Gasteiger partial charge in [-0.15, -0.1) is 6.58 Å². The normalized spacial score (nSPS) is 11.8. The van der Waals surface area contributed by atoms with Crippen LogP contribution in [0.3, 0.4) is 0 Å². The molecule has 0 aromatic heterocycles. The van der Waals surface area contributed by atoms with Crippen LogP contribution < -0.4 is 0 Å². The van der Waals surface area contributed by atoms with Crippen molar-refractivity contribution in [1.82, 2.24) is 0 Å². The summed E-state index contributed by atoms with van der Waals surface area (Å²) in [6.45, 7) is 8.29. The second-order valence-electron chi connectivity index (χ2n) is 5.85. The van der Waals surface area contributed by atoms with Crippen LogP contribution in [0, 0.1) is 0 Å². The minimum Gasteiger partial charge on any atom is -0.103 e. The third-order valence-electron chi connectivity index (χ3n) is 3.75. The summed E-state index contributed by atoms with van der Waals surface area (Å²) in [7, 11) is 0. The Labute approximate surface area is 122 Å². The molecule has 0 saturated carbocycles. The van der Waals surface area contributed by atoms with Gasteiger partial charge in [-0.3, -0.25) is 0 Å². The maximum absolute atomic E-state index is 3.76. The zero-order valence-electron chi connectivity index (χ0n) is 13.6. The topological polar surface area (TPSA) is 0 Å². The van der Waals surface area contributed by atoms with Crippen molar-refractivity contribution in [3.8, 4) is 0 Å². The zero-order chi connectivity index (χ0) is 14.2. The fraction of sp³-hybridized carbons (Fsp3) is 0.789. The summed E-state index contributed by atoms with van der Waals surface area (Å²) in [4.78, 5) is 0. The van der Waals surface area contributed by atoms with E-state index in [2.05, 4.69) is 26.5 Å². The third-order valence-corrected chi connectivity index (χ3v) is 3.75. The average molecular weight is 264 g/mol. The quantitative estimate of drug-likeness (QED) is 0.230. The Morgan fingerprint density at radius 3 is 1.74 bits per heavy atom. The highest BCUT2D eigenvalue weighted by atomic mass is 14.0. The molecule has 112 valence electrons. The first kappa shape index (κ1) is 18.5. The second kappa shape index (κ2) is 15.5. The highest BCUT2D eigenvalue weighted by Gasteiger charge is 1.92. The third kappa shape index (κ3) is 15.4. The van der Waals surface area contributed by atoms with E-state index in [1.165, 1.54) is 83.5 Å². The predicted molar refractivity (Wildman–Crippen MR) is 89.6 cm³/mol. The predicted octanol–water partition coefficient (Wildman–Crippen LogP) is 7.21. The lowest BCUT2D eigenvalue weighted by Crippen LogP contribution is -1.82. The van der Waals surface area contributed by atoms with Gasteiger partial charge in [-0.1, -0.05) is 76.0 Å². The summed E-state index contributed by atoms with van der Waals surface area (Å²) >= 11 is 0. The van der Waals surface area contributed by atoms with Crippen LogP contribution in [0.4, 0.5) is 0 Å². The van der Waals surface area contributed by atoms with Crippen molar-refractivity contribution in [2.75, 3.05) is 0 Å². The number of hydrogen-bond donors (Lipinski definition) is 0. The summed E-state index contributed by atoms with van der Waals surface area (Å²) in [5.74, 6) is 0. The molecule has 0 rings (SSSR count). The van der Waals surface area contributed by atoms with Crippen LogP contribution >= 0.6 is 0 Å². The van der Waals surface area contributed by atoms with Crippen molar-refractivity contribution in [2.45, 2.75) is 97.3 Å². The number of unbranched alkanes of at least 4 members (excludes halogenated alkanes) is 10. The van der Waals surface area contributed by atoms with Gasteiger partial charge < -0.3 is 0 Å². The van der Waals surface area contributed by atoms with E-state index in [0.29, 0.717) is 0 Å². The van der Waals surface area contributed by atoms with Crippen LogP contribution in [-0.4, -0.2) is 0 Å². The minimum absolute atomic E-state index is 1.20. The Hall–Kier alpha value is -0.520. The Morgan fingerprint density at radius 2 is 1.26 bits per heavy atom. The Morgan fingerprint density at radius 1 is 0.789 bits per heavy atom. The summed E-state index contributed by atoms with van der Waals surface area (Å²) in [5.41, 5.74) is 1.59. The van der Waals surface area contributed by atoms with E-state index in [1.807, 2.05) is 6.08 Å². The number of hydrogen-bond acceptors (Lipinski definition) is 0. The first-order valence-electron chi connectivity index (χ1n) is 8.57. The molecule has 0 bridgehead atoms. The standard InChI is InChI=1S/C19H36/c1-4-6-7-8-9-10-11-12-13-14-15-16-18-19(3)17-5-2/h4,18H,1,5-17H2,2-3H3/b19-18+. The molecule has 0 aliphatic heterocycles.